The average Bonchev–Trinajstić information content (AvgIpc) is 3.26. The van der Waals surface area contributed by atoms with Crippen LogP contribution in [0.4, 0.5) is 4.79 Å². The molecule has 0 unspecified atom stereocenters. The zero-order valence-corrected chi connectivity index (χ0v) is 16.4. The number of imide groups is 1. The predicted octanol–water partition coefficient (Wildman–Crippen LogP) is 5.88. The lowest BCUT2D eigenvalue weighted by Gasteiger charge is -2.11. The molecule has 2 heterocycles. The minimum atomic E-state index is -0.286. The topological polar surface area (TPSA) is 50.5 Å². The summed E-state index contributed by atoms with van der Waals surface area (Å²) in [5, 5.41) is 0.365. The first-order chi connectivity index (χ1) is 13.6. The highest BCUT2D eigenvalue weighted by molar-refractivity contribution is 8.18. The van der Waals surface area contributed by atoms with Crippen LogP contribution in [0.5, 0.6) is 0 Å². The lowest BCUT2D eigenvalue weighted by Crippen LogP contribution is -2.30. The molecule has 1 aliphatic rings. The molecule has 28 heavy (non-hydrogen) atoms. The van der Waals surface area contributed by atoms with Crippen molar-refractivity contribution in [2.75, 3.05) is 6.54 Å². The van der Waals surface area contributed by atoms with Gasteiger partial charge in [0, 0.05) is 23.2 Å². The van der Waals surface area contributed by atoms with Gasteiger partial charge in [0.05, 0.1) is 4.91 Å². The summed E-state index contributed by atoms with van der Waals surface area (Å²) in [6, 6.07) is 20.7. The quantitative estimate of drug-likeness (QED) is 0.494. The molecule has 0 spiro atoms. The molecule has 0 aliphatic carbocycles. The van der Waals surface area contributed by atoms with E-state index in [1.165, 1.54) is 4.90 Å². The Hall–Kier alpha value is -2.76. The number of carbonyl (C=O) groups excluding carboxylic acids is 2. The van der Waals surface area contributed by atoms with Gasteiger partial charge < -0.3 is 4.42 Å². The smallest absolute Gasteiger partial charge is 0.293 e. The lowest BCUT2D eigenvalue weighted by atomic mass is 10.1. The summed E-state index contributed by atoms with van der Waals surface area (Å²) < 4.78 is 5.80. The van der Waals surface area contributed by atoms with Gasteiger partial charge in [-0.05, 0) is 48.0 Å². The zero-order chi connectivity index (χ0) is 19.5. The average molecular weight is 410 g/mol. The standard InChI is InChI=1S/C22H16ClNO3S/c23-17-8-4-7-16(13-17)19-10-9-18(27-19)14-20-21(25)24(22(26)28-20)12-11-15-5-2-1-3-6-15/h1-10,13-14H,11-12H2/b20-14-. The molecule has 4 nitrogen and oxygen atoms in total. The molecule has 1 aliphatic heterocycles. The number of hydrogen-bond donors (Lipinski definition) is 0. The van der Waals surface area contributed by atoms with Gasteiger partial charge in [0.25, 0.3) is 11.1 Å². The molecule has 0 bridgehead atoms. The van der Waals surface area contributed by atoms with E-state index < -0.39 is 0 Å². The molecule has 2 aromatic carbocycles. The summed E-state index contributed by atoms with van der Waals surface area (Å²) >= 11 is 6.96. The van der Waals surface area contributed by atoms with Crippen LogP contribution >= 0.6 is 23.4 Å². The van der Waals surface area contributed by atoms with Crippen molar-refractivity contribution >= 4 is 40.6 Å². The molecule has 6 heteroatoms. The van der Waals surface area contributed by atoms with Crippen molar-refractivity contribution < 1.29 is 14.0 Å². The molecular formula is C22H16ClNO3S. The maximum atomic E-state index is 12.6. The van der Waals surface area contributed by atoms with E-state index in [1.807, 2.05) is 54.6 Å². The summed E-state index contributed by atoms with van der Waals surface area (Å²) in [6.07, 6.45) is 2.24. The maximum Gasteiger partial charge on any atom is 0.293 e. The molecule has 0 N–H and O–H groups in total. The molecule has 3 aromatic rings. The highest BCUT2D eigenvalue weighted by Crippen LogP contribution is 2.33. The predicted molar refractivity (Wildman–Crippen MR) is 112 cm³/mol. The number of nitrogens with zero attached hydrogens (tertiary/aromatic N) is 1. The van der Waals surface area contributed by atoms with Crippen LogP contribution in [0.3, 0.4) is 0 Å². The molecule has 1 aromatic heterocycles. The Balaban J connectivity index is 1.48. The largest absolute Gasteiger partial charge is 0.457 e. The summed E-state index contributed by atoms with van der Waals surface area (Å²) in [5.41, 5.74) is 1.94. The fourth-order valence-electron chi connectivity index (χ4n) is 2.93. The molecule has 1 fully saturated rings. The normalized spacial score (nSPS) is 15.6. The highest BCUT2D eigenvalue weighted by atomic mass is 35.5. The lowest BCUT2D eigenvalue weighted by molar-refractivity contribution is -0.122. The van der Waals surface area contributed by atoms with Crippen LogP contribution in [0.1, 0.15) is 11.3 Å². The number of halogens is 1. The van der Waals surface area contributed by atoms with Crippen LogP contribution < -0.4 is 0 Å². The van der Waals surface area contributed by atoms with Crippen LogP contribution in [0.25, 0.3) is 17.4 Å². The van der Waals surface area contributed by atoms with Crippen LogP contribution in [-0.4, -0.2) is 22.6 Å². The monoisotopic (exact) mass is 409 g/mol. The fraction of sp³-hybridized carbons (Fsp3) is 0.0909. The van der Waals surface area contributed by atoms with Crippen LogP contribution in [0.15, 0.2) is 76.1 Å². The minimum absolute atomic E-state index is 0.256. The number of hydrogen-bond acceptors (Lipinski definition) is 4. The van der Waals surface area contributed by atoms with Crippen molar-refractivity contribution in [3.05, 3.63) is 88.0 Å². The first kappa shape index (κ1) is 18.6. The zero-order valence-electron chi connectivity index (χ0n) is 14.8. The molecule has 0 radical (unpaired) electrons. The summed E-state index contributed by atoms with van der Waals surface area (Å²) in [6.45, 7) is 0.359. The fourth-order valence-corrected chi connectivity index (χ4v) is 3.97. The van der Waals surface area contributed by atoms with Gasteiger partial charge in [0.1, 0.15) is 11.5 Å². The Kier molecular flexibility index (Phi) is 5.37. The van der Waals surface area contributed by atoms with Crippen LogP contribution in [0, 0.1) is 0 Å². The SMILES string of the molecule is O=C1S/C(=C\c2ccc(-c3cccc(Cl)c3)o2)C(=O)N1CCc1ccccc1. The second-order valence-corrected chi connectivity index (χ2v) is 7.71. The Morgan fingerprint density at radius 1 is 1.00 bits per heavy atom. The summed E-state index contributed by atoms with van der Waals surface area (Å²) in [5.74, 6) is 0.882. The Bertz CT molecular complexity index is 1060. The van der Waals surface area contributed by atoms with E-state index in [0.29, 0.717) is 34.4 Å². The molecule has 0 atom stereocenters. The number of carbonyl (C=O) groups is 2. The van der Waals surface area contributed by atoms with Crippen molar-refractivity contribution in [2.45, 2.75) is 6.42 Å². The van der Waals surface area contributed by atoms with Gasteiger partial charge >= 0.3 is 0 Å². The van der Waals surface area contributed by atoms with Crippen molar-refractivity contribution in [3.63, 3.8) is 0 Å². The van der Waals surface area contributed by atoms with Crippen molar-refractivity contribution in [2.24, 2.45) is 0 Å². The third kappa shape index (κ3) is 4.06. The van der Waals surface area contributed by atoms with E-state index in [-0.39, 0.29) is 11.1 Å². The molecule has 1 saturated heterocycles. The van der Waals surface area contributed by atoms with Crippen LogP contribution in [-0.2, 0) is 11.2 Å². The number of furan rings is 1. The third-order valence-corrected chi connectivity index (χ3v) is 5.49. The van der Waals surface area contributed by atoms with Gasteiger partial charge in [-0.2, -0.15) is 0 Å². The van der Waals surface area contributed by atoms with E-state index >= 15 is 0 Å². The molecule has 140 valence electrons. The summed E-state index contributed by atoms with van der Waals surface area (Å²) in [4.78, 5) is 26.5. The van der Waals surface area contributed by atoms with Gasteiger partial charge in [-0.15, -0.1) is 0 Å². The van der Waals surface area contributed by atoms with Gasteiger partial charge in [0.15, 0.2) is 0 Å². The van der Waals surface area contributed by atoms with E-state index in [2.05, 4.69) is 0 Å². The van der Waals surface area contributed by atoms with E-state index in [4.69, 9.17) is 16.0 Å². The van der Waals surface area contributed by atoms with Crippen molar-refractivity contribution in [3.8, 4) is 11.3 Å². The number of rotatable bonds is 5. The van der Waals surface area contributed by atoms with Gasteiger partial charge in [-0.3, -0.25) is 14.5 Å². The van der Waals surface area contributed by atoms with E-state index in [0.717, 1.165) is 22.9 Å². The van der Waals surface area contributed by atoms with Crippen LogP contribution in [0.2, 0.25) is 5.02 Å². The minimum Gasteiger partial charge on any atom is -0.457 e. The molecule has 2 amide bonds. The Morgan fingerprint density at radius 2 is 1.82 bits per heavy atom. The highest BCUT2D eigenvalue weighted by Gasteiger charge is 2.34. The van der Waals surface area contributed by atoms with Gasteiger partial charge in [-0.1, -0.05) is 54.1 Å². The first-order valence-electron chi connectivity index (χ1n) is 8.75. The van der Waals surface area contributed by atoms with Crippen molar-refractivity contribution in [1.82, 2.24) is 4.90 Å². The molecule has 4 rings (SSSR count). The second-order valence-electron chi connectivity index (χ2n) is 6.28. The van der Waals surface area contributed by atoms with Crippen molar-refractivity contribution in [1.29, 1.82) is 0 Å². The number of thioether (sulfide) groups is 1. The van der Waals surface area contributed by atoms with E-state index in [1.54, 1.807) is 18.2 Å². The summed E-state index contributed by atoms with van der Waals surface area (Å²) in [7, 11) is 0. The van der Waals surface area contributed by atoms with E-state index in [9.17, 15) is 9.59 Å². The van der Waals surface area contributed by atoms with Gasteiger partial charge in [-0.25, -0.2) is 0 Å². The number of benzene rings is 2. The van der Waals surface area contributed by atoms with Gasteiger partial charge in [0.2, 0.25) is 0 Å². The Morgan fingerprint density at radius 3 is 2.61 bits per heavy atom. The Labute approximate surface area is 171 Å². The maximum absolute atomic E-state index is 12.6. The third-order valence-electron chi connectivity index (χ3n) is 4.35. The first-order valence-corrected chi connectivity index (χ1v) is 9.95. The molecule has 0 saturated carbocycles. The number of amides is 2. The second kappa shape index (κ2) is 8.09. The molecular weight excluding hydrogens is 394 g/mol.